The number of hydrogen-bond acceptors (Lipinski definition) is 3. The van der Waals surface area contributed by atoms with Gasteiger partial charge in [0.05, 0.1) is 5.54 Å². The van der Waals surface area contributed by atoms with E-state index in [0.717, 1.165) is 37.8 Å². The monoisotopic (exact) mass is 262 g/mol. The highest BCUT2D eigenvalue weighted by atomic mass is 16.3. The summed E-state index contributed by atoms with van der Waals surface area (Å²) in [6.07, 6.45) is 3.94. The average Bonchev–Trinajstić information content (AvgIpc) is 2.42. The topological polar surface area (TPSA) is 61.4 Å². The van der Waals surface area contributed by atoms with Crippen molar-refractivity contribution in [1.29, 1.82) is 0 Å². The Hall–Kier alpha value is -1.55. The van der Waals surface area contributed by atoms with E-state index < -0.39 is 5.54 Å². The molecule has 1 aliphatic heterocycles. The number of phenols is 1. The van der Waals surface area contributed by atoms with Crippen LogP contribution in [0, 0.1) is 0 Å². The predicted octanol–water partition coefficient (Wildman–Crippen LogP) is 1.58. The lowest BCUT2D eigenvalue weighted by Gasteiger charge is -2.33. The number of benzene rings is 1. The largest absolute Gasteiger partial charge is 0.508 e. The van der Waals surface area contributed by atoms with Crippen LogP contribution in [0.25, 0.3) is 0 Å². The van der Waals surface area contributed by atoms with Crippen molar-refractivity contribution in [3.63, 3.8) is 0 Å². The van der Waals surface area contributed by atoms with Crippen LogP contribution in [0.5, 0.6) is 5.75 Å². The van der Waals surface area contributed by atoms with Crippen molar-refractivity contribution in [2.24, 2.45) is 0 Å². The van der Waals surface area contributed by atoms with Crippen molar-refractivity contribution >= 4 is 5.91 Å². The maximum atomic E-state index is 12.2. The Morgan fingerprint density at radius 2 is 2.11 bits per heavy atom. The van der Waals surface area contributed by atoms with Crippen molar-refractivity contribution in [2.45, 2.75) is 38.1 Å². The molecule has 4 nitrogen and oxygen atoms in total. The van der Waals surface area contributed by atoms with Crippen LogP contribution in [0.2, 0.25) is 0 Å². The van der Waals surface area contributed by atoms with Crippen LogP contribution in [-0.4, -0.2) is 29.6 Å². The van der Waals surface area contributed by atoms with Crippen molar-refractivity contribution in [3.05, 3.63) is 29.8 Å². The molecule has 1 aromatic carbocycles. The van der Waals surface area contributed by atoms with E-state index in [-0.39, 0.29) is 11.7 Å². The zero-order chi connectivity index (χ0) is 13.7. The lowest BCUT2D eigenvalue weighted by atomic mass is 9.90. The molecule has 1 aromatic rings. The van der Waals surface area contributed by atoms with Gasteiger partial charge in [-0.05, 0) is 56.8 Å². The molecule has 0 spiro atoms. The smallest absolute Gasteiger partial charge is 0.240 e. The molecule has 0 radical (unpaired) electrons. The van der Waals surface area contributed by atoms with E-state index in [4.69, 9.17) is 0 Å². The molecule has 1 amide bonds. The molecule has 4 heteroatoms. The van der Waals surface area contributed by atoms with Gasteiger partial charge in [-0.2, -0.15) is 0 Å². The molecule has 3 N–H and O–H groups in total. The molecule has 1 heterocycles. The molecular formula is C15H22N2O2. The summed E-state index contributed by atoms with van der Waals surface area (Å²) >= 11 is 0. The third-order valence-corrected chi connectivity index (χ3v) is 3.76. The maximum Gasteiger partial charge on any atom is 0.240 e. The fraction of sp³-hybridized carbons (Fsp3) is 0.533. The summed E-state index contributed by atoms with van der Waals surface area (Å²) < 4.78 is 0. The Labute approximate surface area is 114 Å². The molecule has 2 rings (SSSR count). The summed E-state index contributed by atoms with van der Waals surface area (Å²) in [4.78, 5) is 12.2. The molecule has 1 atom stereocenters. The molecule has 0 aromatic heterocycles. The first-order chi connectivity index (χ1) is 9.10. The molecule has 1 saturated heterocycles. The summed E-state index contributed by atoms with van der Waals surface area (Å²) in [5.74, 6) is 0.359. The molecule has 104 valence electrons. The Morgan fingerprint density at radius 3 is 2.74 bits per heavy atom. The highest BCUT2D eigenvalue weighted by Gasteiger charge is 2.33. The van der Waals surface area contributed by atoms with E-state index in [0.29, 0.717) is 6.54 Å². The van der Waals surface area contributed by atoms with Crippen LogP contribution in [0.1, 0.15) is 31.7 Å². The zero-order valence-corrected chi connectivity index (χ0v) is 11.4. The van der Waals surface area contributed by atoms with Crippen LogP contribution in [0.3, 0.4) is 0 Å². The summed E-state index contributed by atoms with van der Waals surface area (Å²) in [5, 5.41) is 15.5. The second kappa shape index (κ2) is 6.06. The van der Waals surface area contributed by atoms with Gasteiger partial charge in [0.1, 0.15) is 5.75 Å². The first-order valence-electron chi connectivity index (χ1n) is 6.91. The van der Waals surface area contributed by atoms with E-state index in [9.17, 15) is 9.90 Å². The first kappa shape index (κ1) is 13.9. The molecule has 1 aliphatic rings. The minimum atomic E-state index is -0.410. The first-order valence-corrected chi connectivity index (χ1v) is 6.91. The molecule has 0 bridgehead atoms. The van der Waals surface area contributed by atoms with Crippen molar-refractivity contribution < 1.29 is 9.90 Å². The van der Waals surface area contributed by atoms with E-state index >= 15 is 0 Å². The summed E-state index contributed by atoms with van der Waals surface area (Å²) in [5.41, 5.74) is 0.701. The van der Waals surface area contributed by atoms with Crippen molar-refractivity contribution in [1.82, 2.24) is 10.6 Å². The maximum absolute atomic E-state index is 12.2. The Balaban J connectivity index is 1.78. The SMILES string of the molecule is CC1(C(=O)NCCc2ccc(O)cc2)CCCCN1. The number of piperidine rings is 1. The Kier molecular flexibility index (Phi) is 4.43. The number of carbonyl (C=O) groups is 1. The van der Waals surface area contributed by atoms with Crippen LogP contribution >= 0.6 is 0 Å². The summed E-state index contributed by atoms with van der Waals surface area (Å²) in [6.45, 7) is 3.52. The van der Waals surface area contributed by atoms with Gasteiger partial charge in [-0.25, -0.2) is 0 Å². The normalized spacial score (nSPS) is 23.0. The summed E-state index contributed by atoms with van der Waals surface area (Å²) in [6, 6.07) is 7.09. The zero-order valence-electron chi connectivity index (χ0n) is 11.4. The number of aromatic hydroxyl groups is 1. The predicted molar refractivity (Wildman–Crippen MR) is 75.1 cm³/mol. The van der Waals surface area contributed by atoms with E-state index in [1.54, 1.807) is 12.1 Å². The quantitative estimate of drug-likeness (QED) is 0.772. The fourth-order valence-corrected chi connectivity index (χ4v) is 2.43. The molecular weight excluding hydrogens is 240 g/mol. The van der Waals surface area contributed by atoms with Crippen LogP contribution in [0.15, 0.2) is 24.3 Å². The number of phenolic OH excluding ortho intramolecular Hbond substituents is 1. The van der Waals surface area contributed by atoms with Gasteiger partial charge in [0.15, 0.2) is 0 Å². The number of hydrogen-bond donors (Lipinski definition) is 3. The standard InChI is InChI=1S/C15H22N2O2/c1-15(9-2-3-10-17-15)14(19)16-11-8-12-4-6-13(18)7-5-12/h4-7,17-18H,2-3,8-11H2,1H3,(H,16,19). The fourth-order valence-electron chi connectivity index (χ4n) is 2.43. The molecule has 0 aliphatic carbocycles. The van der Waals surface area contributed by atoms with Crippen molar-refractivity contribution in [3.8, 4) is 5.75 Å². The summed E-state index contributed by atoms with van der Waals surface area (Å²) in [7, 11) is 0. The Bertz CT molecular complexity index is 422. The van der Waals surface area contributed by atoms with Crippen molar-refractivity contribution in [2.75, 3.05) is 13.1 Å². The van der Waals surface area contributed by atoms with Gasteiger partial charge < -0.3 is 15.7 Å². The average molecular weight is 262 g/mol. The Morgan fingerprint density at radius 1 is 1.37 bits per heavy atom. The van der Waals surface area contributed by atoms with Gasteiger partial charge in [0.25, 0.3) is 0 Å². The number of nitrogens with one attached hydrogen (secondary N) is 2. The second-order valence-electron chi connectivity index (χ2n) is 5.39. The highest BCUT2D eigenvalue weighted by molar-refractivity contribution is 5.85. The van der Waals surface area contributed by atoms with Crippen LogP contribution in [-0.2, 0) is 11.2 Å². The minimum Gasteiger partial charge on any atom is -0.508 e. The number of rotatable bonds is 4. The van der Waals surface area contributed by atoms with Crippen LogP contribution < -0.4 is 10.6 Å². The third-order valence-electron chi connectivity index (χ3n) is 3.76. The van der Waals surface area contributed by atoms with E-state index in [2.05, 4.69) is 10.6 Å². The number of amides is 1. The van der Waals surface area contributed by atoms with E-state index in [1.165, 1.54) is 0 Å². The lowest BCUT2D eigenvalue weighted by Crippen LogP contribution is -2.57. The molecule has 0 saturated carbocycles. The lowest BCUT2D eigenvalue weighted by molar-refractivity contribution is -0.127. The van der Waals surface area contributed by atoms with Gasteiger partial charge in [-0.15, -0.1) is 0 Å². The minimum absolute atomic E-state index is 0.0889. The number of carbonyl (C=O) groups excluding carboxylic acids is 1. The van der Waals surface area contributed by atoms with Gasteiger partial charge in [0.2, 0.25) is 5.91 Å². The van der Waals surface area contributed by atoms with Gasteiger partial charge in [-0.1, -0.05) is 12.1 Å². The highest BCUT2D eigenvalue weighted by Crippen LogP contribution is 2.18. The van der Waals surface area contributed by atoms with Gasteiger partial charge in [-0.3, -0.25) is 4.79 Å². The molecule has 19 heavy (non-hydrogen) atoms. The van der Waals surface area contributed by atoms with Gasteiger partial charge >= 0.3 is 0 Å². The molecule has 1 fully saturated rings. The molecule has 1 unspecified atom stereocenters. The van der Waals surface area contributed by atoms with Crippen LogP contribution in [0.4, 0.5) is 0 Å². The third kappa shape index (κ3) is 3.70. The van der Waals surface area contributed by atoms with Gasteiger partial charge in [0, 0.05) is 6.54 Å². The second-order valence-corrected chi connectivity index (χ2v) is 5.39. The van der Waals surface area contributed by atoms with E-state index in [1.807, 2.05) is 19.1 Å².